The molecule has 2 N–H and O–H groups in total. The van der Waals surface area contributed by atoms with Crippen molar-refractivity contribution in [3.05, 3.63) is 35.4 Å². The van der Waals surface area contributed by atoms with E-state index in [1.54, 1.807) is 12.1 Å². The number of hydrazone groups is 1. The number of nitrogens with zero attached hydrogens (tertiary/aromatic N) is 1. The molecule has 1 aromatic rings. The minimum absolute atomic E-state index is 0.0524. The lowest BCUT2D eigenvalue weighted by Gasteiger charge is -1.97. The SMILES string of the molecule is O=C(O)c1ccc(/C=N\NC(=O)C2CC2)cc1. The Kier molecular flexibility index (Phi) is 3.18. The number of hydrogen-bond acceptors (Lipinski definition) is 3. The molecule has 1 fully saturated rings. The van der Waals surface area contributed by atoms with Crippen LogP contribution in [0.3, 0.4) is 0 Å². The number of rotatable bonds is 4. The Balaban J connectivity index is 1.91. The van der Waals surface area contributed by atoms with Crippen LogP contribution in [-0.2, 0) is 4.79 Å². The van der Waals surface area contributed by atoms with Gasteiger partial charge in [-0.1, -0.05) is 12.1 Å². The minimum atomic E-state index is -0.962. The summed E-state index contributed by atoms with van der Waals surface area (Å²) in [4.78, 5) is 21.8. The molecule has 1 aliphatic rings. The lowest BCUT2D eigenvalue weighted by molar-refractivity contribution is -0.122. The Morgan fingerprint density at radius 2 is 1.94 bits per heavy atom. The number of carboxylic acid groups (broad SMARTS) is 1. The van der Waals surface area contributed by atoms with Crippen LogP contribution in [0.25, 0.3) is 0 Å². The number of amides is 1. The predicted octanol–water partition coefficient (Wildman–Crippen LogP) is 1.24. The Morgan fingerprint density at radius 3 is 2.47 bits per heavy atom. The fourth-order valence-electron chi connectivity index (χ4n) is 1.32. The lowest BCUT2D eigenvalue weighted by Crippen LogP contribution is -2.18. The van der Waals surface area contributed by atoms with Gasteiger partial charge in [0.05, 0.1) is 11.8 Å². The number of carbonyl (C=O) groups excluding carboxylic acids is 1. The van der Waals surface area contributed by atoms with Crippen LogP contribution in [0.5, 0.6) is 0 Å². The maximum Gasteiger partial charge on any atom is 0.335 e. The van der Waals surface area contributed by atoms with Crippen molar-refractivity contribution in [2.75, 3.05) is 0 Å². The zero-order valence-corrected chi connectivity index (χ0v) is 9.09. The van der Waals surface area contributed by atoms with Crippen molar-refractivity contribution in [1.29, 1.82) is 0 Å². The van der Waals surface area contributed by atoms with Gasteiger partial charge in [0.2, 0.25) is 5.91 Å². The van der Waals surface area contributed by atoms with Crippen molar-refractivity contribution in [3.8, 4) is 0 Å². The van der Waals surface area contributed by atoms with Crippen LogP contribution in [0.1, 0.15) is 28.8 Å². The maximum absolute atomic E-state index is 11.2. The summed E-state index contributed by atoms with van der Waals surface area (Å²) in [5.74, 6) is -0.888. The third-order valence-corrected chi connectivity index (χ3v) is 2.49. The van der Waals surface area contributed by atoms with Gasteiger partial charge < -0.3 is 5.11 Å². The molecular formula is C12H12N2O3. The number of nitrogens with one attached hydrogen (secondary N) is 1. The molecule has 0 aliphatic heterocycles. The molecule has 0 atom stereocenters. The van der Waals surface area contributed by atoms with Crippen molar-refractivity contribution < 1.29 is 14.7 Å². The normalized spacial score (nSPS) is 14.8. The maximum atomic E-state index is 11.2. The van der Waals surface area contributed by atoms with Gasteiger partial charge in [-0.3, -0.25) is 4.79 Å². The molecule has 1 saturated carbocycles. The molecule has 0 saturated heterocycles. The summed E-state index contributed by atoms with van der Waals surface area (Å²) >= 11 is 0. The molecule has 2 rings (SSSR count). The van der Waals surface area contributed by atoms with Gasteiger partial charge in [0.15, 0.2) is 0 Å². The molecule has 0 heterocycles. The average molecular weight is 232 g/mol. The van der Waals surface area contributed by atoms with E-state index in [4.69, 9.17) is 5.11 Å². The fraction of sp³-hybridized carbons (Fsp3) is 0.250. The molecule has 1 aliphatic carbocycles. The molecule has 1 amide bonds. The zero-order chi connectivity index (χ0) is 12.3. The molecule has 0 aromatic heterocycles. The molecule has 0 spiro atoms. The van der Waals surface area contributed by atoms with E-state index in [2.05, 4.69) is 10.5 Å². The highest BCUT2D eigenvalue weighted by atomic mass is 16.4. The van der Waals surface area contributed by atoms with Crippen LogP contribution in [-0.4, -0.2) is 23.2 Å². The lowest BCUT2D eigenvalue weighted by atomic mass is 10.1. The third kappa shape index (κ3) is 3.14. The Bertz CT molecular complexity index is 461. The van der Waals surface area contributed by atoms with Crippen molar-refractivity contribution in [3.63, 3.8) is 0 Å². The number of carboxylic acids is 1. The van der Waals surface area contributed by atoms with Crippen molar-refractivity contribution >= 4 is 18.1 Å². The molecule has 1 aromatic carbocycles. The Hall–Kier alpha value is -2.17. The second kappa shape index (κ2) is 4.78. The van der Waals surface area contributed by atoms with Crippen LogP contribution in [0.2, 0.25) is 0 Å². The fourth-order valence-corrected chi connectivity index (χ4v) is 1.32. The summed E-state index contributed by atoms with van der Waals surface area (Å²) in [7, 11) is 0. The summed E-state index contributed by atoms with van der Waals surface area (Å²) in [6, 6.07) is 6.26. The largest absolute Gasteiger partial charge is 0.478 e. The van der Waals surface area contributed by atoms with Gasteiger partial charge in [-0.15, -0.1) is 0 Å². The first kappa shape index (κ1) is 11.3. The van der Waals surface area contributed by atoms with E-state index in [9.17, 15) is 9.59 Å². The van der Waals surface area contributed by atoms with E-state index in [-0.39, 0.29) is 17.4 Å². The number of aromatic carboxylic acids is 1. The molecular weight excluding hydrogens is 220 g/mol. The molecule has 5 heteroatoms. The van der Waals surface area contributed by atoms with Gasteiger partial charge in [-0.2, -0.15) is 5.10 Å². The van der Waals surface area contributed by atoms with Gasteiger partial charge in [0.25, 0.3) is 0 Å². The first-order chi connectivity index (χ1) is 8.16. The molecule has 17 heavy (non-hydrogen) atoms. The van der Waals surface area contributed by atoms with Crippen molar-refractivity contribution in [1.82, 2.24) is 5.43 Å². The molecule has 88 valence electrons. The number of hydrogen-bond donors (Lipinski definition) is 2. The molecule has 5 nitrogen and oxygen atoms in total. The summed E-state index contributed by atoms with van der Waals surface area (Å²) in [6.45, 7) is 0. The summed E-state index contributed by atoms with van der Waals surface area (Å²) < 4.78 is 0. The van der Waals surface area contributed by atoms with Gasteiger partial charge >= 0.3 is 5.97 Å². The van der Waals surface area contributed by atoms with Crippen LogP contribution in [0.4, 0.5) is 0 Å². The second-order valence-corrected chi connectivity index (χ2v) is 3.94. The van der Waals surface area contributed by atoms with E-state index in [0.717, 1.165) is 18.4 Å². The highest BCUT2D eigenvalue weighted by molar-refractivity contribution is 5.89. The standard InChI is InChI=1S/C12H12N2O3/c15-11(9-5-6-9)14-13-7-8-1-3-10(4-2-8)12(16)17/h1-4,7,9H,5-6H2,(H,14,15)(H,16,17)/b13-7-. The van der Waals surface area contributed by atoms with E-state index >= 15 is 0 Å². The highest BCUT2D eigenvalue weighted by Gasteiger charge is 2.29. The van der Waals surface area contributed by atoms with Gasteiger partial charge in [-0.25, -0.2) is 10.2 Å². The van der Waals surface area contributed by atoms with E-state index in [1.165, 1.54) is 18.3 Å². The zero-order valence-electron chi connectivity index (χ0n) is 9.09. The quantitative estimate of drug-likeness (QED) is 0.605. The first-order valence-electron chi connectivity index (χ1n) is 5.33. The monoisotopic (exact) mass is 232 g/mol. The average Bonchev–Trinajstić information content (AvgIpc) is 3.13. The highest BCUT2D eigenvalue weighted by Crippen LogP contribution is 2.28. The van der Waals surface area contributed by atoms with E-state index in [1.807, 2.05) is 0 Å². The minimum Gasteiger partial charge on any atom is -0.478 e. The summed E-state index contributed by atoms with van der Waals surface area (Å²) in [5.41, 5.74) is 3.41. The smallest absolute Gasteiger partial charge is 0.335 e. The topological polar surface area (TPSA) is 78.8 Å². The third-order valence-electron chi connectivity index (χ3n) is 2.49. The Labute approximate surface area is 98.1 Å². The first-order valence-corrected chi connectivity index (χ1v) is 5.33. The van der Waals surface area contributed by atoms with Crippen molar-refractivity contribution in [2.45, 2.75) is 12.8 Å². The second-order valence-electron chi connectivity index (χ2n) is 3.94. The van der Waals surface area contributed by atoms with E-state index in [0.29, 0.717) is 0 Å². The molecule has 0 unspecified atom stereocenters. The summed E-state index contributed by atoms with van der Waals surface area (Å²) in [5, 5.41) is 12.5. The summed E-state index contributed by atoms with van der Waals surface area (Å²) in [6.07, 6.45) is 3.37. The van der Waals surface area contributed by atoms with Gasteiger partial charge in [-0.05, 0) is 30.5 Å². The van der Waals surface area contributed by atoms with Gasteiger partial charge in [0, 0.05) is 5.92 Å². The van der Waals surface area contributed by atoms with Crippen LogP contribution >= 0.6 is 0 Å². The number of benzene rings is 1. The van der Waals surface area contributed by atoms with E-state index < -0.39 is 5.97 Å². The Morgan fingerprint density at radius 1 is 1.29 bits per heavy atom. The molecule has 0 radical (unpaired) electrons. The van der Waals surface area contributed by atoms with Crippen LogP contribution in [0, 0.1) is 5.92 Å². The van der Waals surface area contributed by atoms with Gasteiger partial charge in [0.1, 0.15) is 0 Å². The van der Waals surface area contributed by atoms with Crippen LogP contribution < -0.4 is 5.43 Å². The van der Waals surface area contributed by atoms with Crippen LogP contribution in [0.15, 0.2) is 29.4 Å². The van der Waals surface area contributed by atoms with Crippen molar-refractivity contribution in [2.24, 2.45) is 11.0 Å². The predicted molar refractivity (Wildman–Crippen MR) is 61.9 cm³/mol. The number of carbonyl (C=O) groups is 2. The molecule has 0 bridgehead atoms.